The highest BCUT2D eigenvalue weighted by Gasteiger charge is 2.58. The summed E-state index contributed by atoms with van der Waals surface area (Å²) in [6.07, 6.45) is 14.3. The molecule has 3 aliphatic carbocycles. The van der Waals surface area contributed by atoms with E-state index in [4.69, 9.17) is 0 Å². The maximum Gasteiger partial charge on any atom is 0.139 e. The number of ketones is 1. The van der Waals surface area contributed by atoms with E-state index >= 15 is 0 Å². The smallest absolute Gasteiger partial charge is 0.139 e. The van der Waals surface area contributed by atoms with Gasteiger partial charge in [0.25, 0.3) is 0 Å². The van der Waals surface area contributed by atoms with Crippen molar-refractivity contribution < 1.29 is 9.90 Å². The summed E-state index contributed by atoms with van der Waals surface area (Å²) in [5.74, 6) is 3.80. The first-order valence-electron chi connectivity index (χ1n) is 14.1. The normalized spacial score (nSPS) is 29.8. The second-order valence-electron chi connectivity index (χ2n) is 12.3. The summed E-state index contributed by atoms with van der Waals surface area (Å²) in [4.78, 5) is 13.2. The molecule has 3 aliphatic rings. The summed E-state index contributed by atoms with van der Waals surface area (Å²) in [5, 5.41) is 18.5. The molecule has 5 atom stereocenters. The molecule has 0 saturated heterocycles. The molecule has 5 nitrogen and oxygen atoms in total. The van der Waals surface area contributed by atoms with Gasteiger partial charge < -0.3 is 5.11 Å². The number of aromatic nitrogens is 3. The van der Waals surface area contributed by atoms with Gasteiger partial charge in [-0.15, -0.1) is 5.10 Å². The lowest BCUT2D eigenvalue weighted by Crippen LogP contribution is -2.44. The highest BCUT2D eigenvalue weighted by molar-refractivity contribution is 5.87. The summed E-state index contributed by atoms with van der Waals surface area (Å²) in [6.45, 7) is 7.67. The lowest BCUT2D eigenvalue weighted by Gasteiger charge is -2.50. The predicted octanol–water partition coefficient (Wildman–Crippen LogP) is 6.48. The number of phenols is 1. The van der Waals surface area contributed by atoms with Crippen molar-refractivity contribution in [3.8, 4) is 5.75 Å². The Kier molecular flexibility index (Phi) is 7.05. The molecule has 1 aromatic carbocycles. The number of fused-ring (bicyclic) bond motifs is 5. The first-order valence-corrected chi connectivity index (χ1v) is 14.1. The molecular formula is C30H43N3O2. The van der Waals surface area contributed by atoms with Crippen LogP contribution in [0.3, 0.4) is 0 Å². The minimum Gasteiger partial charge on any atom is -0.508 e. The summed E-state index contributed by atoms with van der Waals surface area (Å²) >= 11 is 0. The molecule has 0 amide bonds. The van der Waals surface area contributed by atoms with Crippen molar-refractivity contribution in [1.82, 2.24) is 15.0 Å². The number of aryl methyl sites for hydroxylation is 2. The van der Waals surface area contributed by atoms with Crippen LogP contribution in [0.5, 0.6) is 5.75 Å². The number of Topliss-reactive ketones (excluding diaryl/α,β-unsaturated/α-hetero) is 1. The summed E-state index contributed by atoms with van der Waals surface area (Å²) in [7, 11) is 0. The average Bonchev–Trinajstić information content (AvgIpc) is 3.36. The molecule has 35 heavy (non-hydrogen) atoms. The molecule has 0 radical (unpaired) electrons. The third-order valence-corrected chi connectivity index (χ3v) is 9.47. The number of aromatic hydroxyl groups is 1. The number of hydrogen-bond acceptors (Lipinski definition) is 4. The van der Waals surface area contributed by atoms with Gasteiger partial charge >= 0.3 is 0 Å². The zero-order chi connectivity index (χ0) is 24.6. The van der Waals surface area contributed by atoms with E-state index in [9.17, 15) is 9.90 Å². The van der Waals surface area contributed by atoms with Crippen molar-refractivity contribution >= 4 is 5.78 Å². The number of benzene rings is 1. The van der Waals surface area contributed by atoms with Gasteiger partial charge in [-0.05, 0) is 97.8 Å². The maximum atomic E-state index is 13.2. The number of carbonyl (C=O) groups is 1. The highest BCUT2D eigenvalue weighted by Crippen LogP contribution is 2.62. The van der Waals surface area contributed by atoms with Gasteiger partial charge in [0.05, 0.1) is 5.69 Å². The largest absolute Gasteiger partial charge is 0.508 e. The molecule has 5 rings (SSSR count). The van der Waals surface area contributed by atoms with Gasteiger partial charge in [-0.25, -0.2) is 0 Å². The molecular weight excluding hydrogens is 434 g/mol. The monoisotopic (exact) mass is 477 g/mol. The molecule has 2 saturated carbocycles. The zero-order valence-electron chi connectivity index (χ0n) is 21.9. The van der Waals surface area contributed by atoms with Crippen LogP contribution in [0.15, 0.2) is 24.4 Å². The van der Waals surface area contributed by atoms with E-state index in [1.165, 1.54) is 43.2 Å². The van der Waals surface area contributed by atoms with E-state index in [2.05, 4.69) is 43.3 Å². The van der Waals surface area contributed by atoms with E-state index in [0.717, 1.165) is 50.8 Å². The molecule has 1 aromatic heterocycles. The minimum absolute atomic E-state index is 0.110. The quantitative estimate of drug-likeness (QED) is 0.420. The fourth-order valence-corrected chi connectivity index (χ4v) is 7.89. The molecule has 0 spiro atoms. The van der Waals surface area contributed by atoms with Crippen molar-refractivity contribution in [2.75, 3.05) is 0 Å². The number of nitrogens with zero attached hydrogens (tertiary/aromatic N) is 3. The van der Waals surface area contributed by atoms with Crippen LogP contribution < -0.4 is 0 Å². The van der Waals surface area contributed by atoms with Crippen LogP contribution in [-0.2, 0) is 24.2 Å². The average molecular weight is 478 g/mol. The van der Waals surface area contributed by atoms with Crippen molar-refractivity contribution in [3.63, 3.8) is 0 Å². The zero-order valence-corrected chi connectivity index (χ0v) is 21.9. The third kappa shape index (κ3) is 4.93. The number of unbranched alkanes of at least 4 members (excludes halogenated alkanes) is 3. The van der Waals surface area contributed by atoms with Crippen LogP contribution in [0, 0.1) is 29.1 Å². The summed E-state index contributed by atoms with van der Waals surface area (Å²) < 4.78 is 2.00. The van der Waals surface area contributed by atoms with Crippen LogP contribution in [0.1, 0.15) is 101 Å². The van der Waals surface area contributed by atoms with Crippen LogP contribution >= 0.6 is 0 Å². The van der Waals surface area contributed by atoms with E-state index in [0.29, 0.717) is 41.1 Å². The molecule has 2 fully saturated rings. The molecule has 2 aromatic rings. The van der Waals surface area contributed by atoms with Gasteiger partial charge in [0, 0.05) is 24.6 Å². The van der Waals surface area contributed by atoms with Gasteiger partial charge in [-0.3, -0.25) is 9.48 Å². The first kappa shape index (κ1) is 24.5. The lowest BCUT2D eigenvalue weighted by atomic mass is 9.54. The lowest BCUT2D eigenvalue weighted by molar-refractivity contribution is -0.129. The SMILES string of the molecule is CC(C)Cc1cn(CCCCCC[C@@H]2CC(=O)[C@@]3(C)CC[C@@H]4c5ccc(O)cc5CC[C@H]4[C@H]23)nn1. The Labute approximate surface area is 210 Å². The fraction of sp³-hybridized carbons (Fsp3) is 0.700. The van der Waals surface area contributed by atoms with Crippen LogP contribution in [0.25, 0.3) is 0 Å². The van der Waals surface area contributed by atoms with Crippen molar-refractivity contribution in [1.29, 1.82) is 0 Å². The number of hydrogen-bond donors (Lipinski definition) is 1. The van der Waals surface area contributed by atoms with E-state index in [-0.39, 0.29) is 5.41 Å². The second kappa shape index (κ2) is 10.1. The molecule has 0 unspecified atom stereocenters. The molecule has 1 heterocycles. The molecule has 1 N–H and O–H groups in total. The first-order chi connectivity index (χ1) is 16.8. The Balaban J connectivity index is 1.14. The van der Waals surface area contributed by atoms with Crippen LogP contribution in [0.2, 0.25) is 0 Å². The van der Waals surface area contributed by atoms with Crippen molar-refractivity contribution in [2.24, 2.45) is 29.1 Å². The Bertz CT molecular complexity index is 1040. The van der Waals surface area contributed by atoms with E-state index in [1.54, 1.807) is 0 Å². The van der Waals surface area contributed by atoms with Gasteiger partial charge in [0.2, 0.25) is 0 Å². The maximum absolute atomic E-state index is 13.2. The van der Waals surface area contributed by atoms with Crippen molar-refractivity contribution in [3.05, 3.63) is 41.2 Å². The number of carbonyl (C=O) groups excluding carboxylic acids is 1. The highest BCUT2D eigenvalue weighted by atomic mass is 16.3. The van der Waals surface area contributed by atoms with Gasteiger partial charge in [0.15, 0.2) is 0 Å². The van der Waals surface area contributed by atoms with Crippen LogP contribution in [-0.4, -0.2) is 25.9 Å². The van der Waals surface area contributed by atoms with Crippen LogP contribution in [0.4, 0.5) is 0 Å². The minimum atomic E-state index is -0.110. The topological polar surface area (TPSA) is 68.0 Å². The predicted molar refractivity (Wildman–Crippen MR) is 138 cm³/mol. The number of rotatable bonds is 9. The van der Waals surface area contributed by atoms with E-state index in [1.807, 2.05) is 16.8 Å². The van der Waals surface area contributed by atoms with Gasteiger partial charge in [-0.1, -0.05) is 51.3 Å². The summed E-state index contributed by atoms with van der Waals surface area (Å²) in [5.41, 5.74) is 3.77. The fourth-order valence-electron chi connectivity index (χ4n) is 7.89. The van der Waals surface area contributed by atoms with Crippen molar-refractivity contribution in [2.45, 2.75) is 104 Å². The van der Waals surface area contributed by atoms with Gasteiger partial charge in [0.1, 0.15) is 11.5 Å². The number of phenolic OH excluding ortho intramolecular Hbond substituents is 1. The standard InChI is InChI=1S/C30H43N3O2/c1-20(2)16-23-19-33(32-31-23)15-7-5-4-6-8-22-18-28(35)30(3)14-13-26-25-12-10-24(34)17-21(25)9-11-27(26)29(22)30/h10,12,17,19-20,22,26-27,29,34H,4-9,11,13-16,18H2,1-3H3/t22-,26-,27-,29+,30-/m1/s1. The second-order valence-corrected chi connectivity index (χ2v) is 12.3. The molecule has 5 heteroatoms. The Morgan fingerprint density at radius 1 is 1.17 bits per heavy atom. The molecule has 0 bridgehead atoms. The Hall–Kier alpha value is -2.17. The Morgan fingerprint density at radius 2 is 2.00 bits per heavy atom. The van der Waals surface area contributed by atoms with Gasteiger partial charge in [-0.2, -0.15) is 0 Å². The third-order valence-electron chi connectivity index (χ3n) is 9.47. The molecule has 190 valence electrons. The summed E-state index contributed by atoms with van der Waals surface area (Å²) in [6, 6.07) is 5.99. The Morgan fingerprint density at radius 3 is 2.83 bits per heavy atom. The molecule has 0 aliphatic heterocycles. The van der Waals surface area contributed by atoms with E-state index < -0.39 is 0 Å².